The molecule has 0 aliphatic rings. The van der Waals surface area contributed by atoms with Crippen molar-refractivity contribution in [2.24, 2.45) is 0 Å². The van der Waals surface area contributed by atoms with Crippen molar-refractivity contribution in [2.45, 2.75) is 33.1 Å². The minimum Gasteiger partial charge on any atom is -0.103 e. The van der Waals surface area contributed by atoms with Gasteiger partial charge in [0.25, 0.3) is 0 Å². The Labute approximate surface area is 81.3 Å². The Kier molecular flexibility index (Phi) is 3.75. The first-order valence-corrected chi connectivity index (χ1v) is 4.91. The largest absolute Gasteiger partial charge is 0.103 e. The van der Waals surface area contributed by atoms with Gasteiger partial charge in [0.05, 0.1) is 0 Å². The monoisotopic (exact) mass is 174 g/mol. The summed E-state index contributed by atoms with van der Waals surface area (Å²) in [5.41, 5.74) is 4.23. The van der Waals surface area contributed by atoms with E-state index in [2.05, 4.69) is 38.6 Å². The Balaban J connectivity index is 2.57. The lowest BCUT2D eigenvalue weighted by atomic mass is 10.0. The van der Waals surface area contributed by atoms with Crippen LogP contribution in [0.15, 0.2) is 30.9 Å². The molecule has 0 atom stereocenters. The average molecular weight is 174 g/mol. The normalized spacial score (nSPS) is 10.0. The van der Waals surface area contributed by atoms with Gasteiger partial charge in [0, 0.05) is 0 Å². The number of rotatable bonds is 4. The second-order valence-corrected chi connectivity index (χ2v) is 3.60. The molecule has 1 aromatic carbocycles. The minimum atomic E-state index is 1.12. The summed E-state index contributed by atoms with van der Waals surface area (Å²) in [6.07, 6.45) is 5.49. The summed E-state index contributed by atoms with van der Waals surface area (Å²) in [5, 5.41) is 0. The summed E-state index contributed by atoms with van der Waals surface area (Å²) < 4.78 is 0. The van der Waals surface area contributed by atoms with Crippen LogP contribution < -0.4 is 0 Å². The highest BCUT2D eigenvalue weighted by Crippen LogP contribution is 2.12. The molecule has 0 aromatic heterocycles. The maximum absolute atomic E-state index is 3.72. The van der Waals surface area contributed by atoms with Gasteiger partial charge in [-0.2, -0.15) is 0 Å². The van der Waals surface area contributed by atoms with Crippen LogP contribution in [0, 0.1) is 13.8 Å². The number of allylic oxidation sites excluding steroid dienone is 1. The van der Waals surface area contributed by atoms with E-state index in [1.54, 1.807) is 0 Å². The molecule has 0 fully saturated rings. The molecule has 0 saturated carbocycles. The van der Waals surface area contributed by atoms with E-state index in [0.29, 0.717) is 0 Å². The summed E-state index contributed by atoms with van der Waals surface area (Å²) in [6.45, 7) is 8.05. The fourth-order valence-electron chi connectivity index (χ4n) is 1.41. The Hall–Kier alpha value is -1.04. The maximum Gasteiger partial charge on any atom is -0.0276 e. The van der Waals surface area contributed by atoms with E-state index in [4.69, 9.17) is 0 Å². The van der Waals surface area contributed by atoms with Gasteiger partial charge in [-0.05, 0) is 49.8 Å². The molecule has 0 aliphatic heterocycles. The lowest BCUT2D eigenvalue weighted by Crippen LogP contribution is -1.87. The molecule has 0 unspecified atom stereocenters. The van der Waals surface area contributed by atoms with Gasteiger partial charge in [-0.25, -0.2) is 0 Å². The van der Waals surface area contributed by atoms with Crippen molar-refractivity contribution < 1.29 is 0 Å². The van der Waals surface area contributed by atoms with Crippen LogP contribution in [0.4, 0.5) is 0 Å². The zero-order valence-corrected chi connectivity index (χ0v) is 8.64. The Morgan fingerprint density at radius 2 is 2.00 bits per heavy atom. The van der Waals surface area contributed by atoms with Crippen LogP contribution in [0.5, 0.6) is 0 Å². The second-order valence-electron chi connectivity index (χ2n) is 3.60. The van der Waals surface area contributed by atoms with Crippen molar-refractivity contribution in [3.05, 3.63) is 47.5 Å². The Morgan fingerprint density at radius 1 is 1.23 bits per heavy atom. The molecular weight excluding hydrogens is 156 g/mol. The smallest absolute Gasteiger partial charge is 0.0276 e. The van der Waals surface area contributed by atoms with Crippen molar-refractivity contribution in [3.8, 4) is 0 Å². The summed E-state index contributed by atoms with van der Waals surface area (Å²) in [6, 6.07) is 6.72. The van der Waals surface area contributed by atoms with Crippen LogP contribution in [-0.2, 0) is 6.42 Å². The molecule has 70 valence electrons. The molecule has 1 aromatic rings. The van der Waals surface area contributed by atoms with Crippen LogP contribution in [0.3, 0.4) is 0 Å². The Bertz CT molecular complexity index is 284. The highest BCUT2D eigenvalue weighted by atomic mass is 14.0. The predicted molar refractivity (Wildman–Crippen MR) is 59.1 cm³/mol. The summed E-state index contributed by atoms with van der Waals surface area (Å²) in [5.74, 6) is 0. The third-order valence-corrected chi connectivity index (χ3v) is 2.45. The van der Waals surface area contributed by atoms with Gasteiger partial charge in [0.15, 0.2) is 0 Å². The van der Waals surface area contributed by atoms with Gasteiger partial charge in [-0.1, -0.05) is 24.3 Å². The lowest BCUT2D eigenvalue weighted by Gasteiger charge is -2.03. The Morgan fingerprint density at radius 3 is 2.62 bits per heavy atom. The van der Waals surface area contributed by atoms with Crippen LogP contribution in [0.1, 0.15) is 29.5 Å². The fourth-order valence-corrected chi connectivity index (χ4v) is 1.41. The SMILES string of the molecule is C=CCCCc1ccc(C)c(C)c1. The zero-order valence-electron chi connectivity index (χ0n) is 8.64. The second kappa shape index (κ2) is 4.86. The van der Waals surface area contributed by atoms with Gasteiger partial charge < -0.3 is 0 Å². The minimum absolute atomic E-state index is 1.12. The van der Waals surface area contributed by atoms with E-state index in [1.807, 2.05) is 6.08 Å². The summed E-state index contributed by atoms with van der Waals surface area (Å²) in [7, 11) is 0. The molecule has 0 amide bonds. The predicted octanol–water partition coefficient (Wildman–Crippen LogP) is 3.81. The fraction of sp³-hybridized carbons (Fsp3) is 0.385. The van der Waals surface area contributed by atoms with Gasteiger partial charge >= 0.3 is 0 Å². The van der Waals surface area contributed by atoms with Crippen molar-refractivity contribution >= 4 is 0 Å². The molecular formula is C13H18. The molecule has 0 heterocycles. The molecule has 0 radical (unpaired) electrons. The third-order valence-electron chi connectivity index (χ3n) is 2.45. The number of hydrogen-bond acceptors (Lipinski definition) is 0. The first-order chi connectivity index (χ1) is 6.24. The van der Waals surface area contributed by atoms with E-state index < -0.39 is 0 Å². The van der Waals surface area contributed by atoms with Crippen molar-refractivity contribution in [3.63, 3.8) is 0 Å². The van der Waals surface area contributed by atoms with Gasteiger partial charge in [-0.3, -0.25) is 0 Å². The van der Waals surface area contributed by atoms with Crippen LogP contribution in [-0.4, -0.2) is 0 Å². The summed E-state index contributed by atoms with van der Waals surface area (Å²) in [4.78, 5) is 0. The zero-order chi connectivity index (χ0) is 9.68. The van der Waals surface area contributed by atoms with E-state index in [9.17, 15) is 0 Å². The average Bonchev–Trinajstić information content (AvgIpc) is 2.12. The molecule has 0 N–H and O–H groups in total. The van der Waals surface area contributed by atoms with Gasteiger partial charge in [-0.15, -0.1) is 6.58 Å². The van der Waals surface area contributed by atoms with Crippen LogP contribution in [0.25, 0.3) is 0 Å². The highest BCUT2D eigenvalue weighted by Gasteiger charge is 1.95. The van der Waals surface area contributed by atoms with E-state index in [0.717, 1.165) is 6.42 Å². The number of unbranched alkanes of at least 4 members (excludes halogenated alkanes) is 1. The molecule has 0 spiro atoms. The molecule has 1 rings (SSSR count). The van der Waals surface area contributed by atoms with Crippen molar-refractivity contribution in [1.29, 1.82) is 0 Å². The van der Waals surface area contributed by atoms with E-state index in [1.165, 1.54) is 29.5 Å². The standard InChI is InChI=1S/C13H18/c1-4-5-6-7-13-9-8-11(2)12(3)10-13/h4,8-10H,1,5-7H2,2-3H3. The quantitative estimate of drug-likeness (QED) is 0.481. The molecule has 0 saturated heterocycles. The number of aryl methyl sites for hydroxylation is 3. The van der Waals surface area contributed by atoms with Crippen molar-refractivity contribution in [2.75, 3.05) is 0 Å². The topological polar surface area (TPSA) is 0 Å². The maximum atomic E-state index is 3.72. The number of benzene rings is 1. The van der Waals surface area contributed by atoms with E-state index in [-0.39, 0.29) is 0 Å². The highest BCUT2D eigenvalue weighted by molar-refractivity contribution is 5.29. The van der Waals surface area contributed by atoms with E-state index >= 15 is 0 Å². The van der Waals surface area contributed by atoms with Gasteiger partial charge in [0.1, 0.15) is 0 Å². The molecule has 0 nitrogen and oxygen atoms in total. The summed E-state index contributed by atoms with van der Waals surface area (Å²) >= 11 is 0. The first kappa shape index (κ1) is 10.0. The van der Waals surface area contributed by atoms with Crippen LogP contribution >= 0.6 is 0 Å². The molecule has 0 heteroatoms. The third kappa shape index (κ3) is 3.06. The number of hydrogen-bond donors (Lipinski definition) is 0. The van der Waals surface area contributed by atoms with Crippen molar-refractivity contribution in [1.82, 2.24) is 0 Å². The van der Waals surface area contributed by atoms with Crippen LogP contribution in [0.2, 0.25) is 0 Å². The lowest BCUT2D eigenvalue weighted by molar-refractivity contribution is 0.843. The molecule has 0 bridgehead atoms. The molecule has 0 aliphatic carbocycles. The molecule has 13 heavy (non-hydrogen) atoms. The van der Waals surface area contributed by atoms with Gasteiger partial charge in [0.2, 0.25) is 0 Å². The first-order valence-electron chi connectivity index (χ1n) is 4.91.